The van der Waals surface area contributed by atoms with Crippen LogP contribution in [0.2, 0.25) is 0 Å². The largest absolute Gasteiger partial charge is 0.477 e. The topological polar surface area (TPSA) is 71.5 Å². The number of carbonyl (C=O) groups excluding carboxylic acids is 1. The van der Waals surface area contributed by atoms with Gasteiger partial charge in [0.2, 0.25) is 11.8 Å². The summed E-state index contributed by atoms with van der Waals surface area (Å²) < 4.78 is 5.61. The molecule has 1 amide bonds. The van der Waals surface area contributed by atoms with Gasteiger partial charge in [0, 0.05) is 44.0 Å². The highest BCUT2D eigenvalue weighted by molar-refractivity contribution is 5.77. The van der Waals surface area contributed by atoms with Crippen LogP contribution in [0.15, 0.2) is 18.7 Å². The summed E-state index contributed by atoms with van der Waals surface area (Å²) in [5.41, 5.74) is 5.74. The molecule has 7 heteroatoms. The minimum Gasteiger partial charge on any atom is -0.477 e. The van der Waals surface area contributed by atoms with Crippen LogP contribution in [0.5, 0.6) is 5.88 Å². The van der Waals surface area contributed by atoms with Gasteiger partial charge in [-0.05, 0) is 18.1 Å². The Hall–Kier alpha value is -2.70. The number of carbonyl (C=O) groups is 1. The fourth-order valence-corrected chi connectivity index (χ4v) is 4.16. The summed E-state index contributed by atoms with van der Waals surface area (Å²) in [6.45, 7) is 5.92. The molecule has 26 heavy (non-hydrogen) atoms. The Balaban J connectivity index is 1.21. The lowest BCUT2D eigenvalue weighted by Crippen LogP contribution is -2.48. The first-order valence-electron chi connectivity index (χ1n) is 9.11. The second-order valence-corrected chi connectivity index (χ2v) is 7.37. The zero-order valence-corrected chi connectivity index (χ0v) is 14.8. The highest BCUT2D eigenvalue weighted by Gasteiger charge is 2.34. The fourth-order valence-electron chi connectivity index (χ4n) is 4.16. The number of aromatic nitrogens is 3. The van der Waals surface area contributed by atoms with Crippen molar-refractivity contribution in [1.82, 2.24) is 19.9 Å². The van der Waals surface area contributed by atoms with Crippen molar-refractivity contribution in [1.29, 1.82) is 0 Å². The van der Waals surface area contributed by atoms with Gasteiger partial charge in [-0.1, -0.05) is 0 Å². The van der Waals surface area contributed by atoms with E-state index in [0.717, 1.165) is 43.4 Å². The van der Waals surface area contributed by atoms with Crippen LogP contribution >= 0.6 is 0 Å². The van der Waals surface area contributed by atoms with Crippen molar-refractivity contribution in [2.75, 3.05) is 24.6 Å². The minimum atomic E-state index is 0.220. The second-order valence-electron chi connectivity index (χ2n) is 7.37. The Bertz CT molecular complexity index is 864. The maximum absolute atomic E-state index is 12.7. The Morgan fingerprint density at radius 2 is 2.04 bits per heavy atom. The van der Waals surface area contributed by atoms with Crippen LogP contribution in [-0.4, -0.2) is 45.5 Å². The first-order chi connectivity index (χ1) is 12.7. The predicted molar refractivity (Wildman–Crippen MR) is 94.8 cm³/mol. The number of pyridine rings is 1. The Labute approximate surface area is 152 Å². The van der Waals surface area contributed by atoms with Gasteiger partial charge in [-0.3, -0.25) is 4.79 Å². The van der Waals surface area contributed by atoms with E-state index in [0.29, 0.717) is 25.4 Å². The number of rotatable bonds is 3. The molecule has 1 fully saturated rings. The molecule has 134 valence electrons. The predicted octanol–water partition coefficient (Wildman–Crippen LogP) is 1.48. The molecule has 0 aliphatic carbocycles. The summed E-state index contributed by atoms with van der Waals surface area (Å²) in [4.78, 5) is 29.7. The van der Waals surface area contributed by atoms with Crippen LogP contribution < -0.4 is 9.64 Å². The van der Waals surface area contributed by atoms with Crippen molar-refractivity contribution in [3.8, 4) is 5.88 Å². The SMILES string of the molecule is Cc1c2c(nc3c1CCO3)CN(C(=O)CC1CN(c3cncnc3)C1)C2. The van der Waals surface area contributed by atoms with E-state index in [-0.39, 0.29) is 5.91 Å². The van der Waals surface area contributed by atoms with Crippen LogP contribution in [-0.2, 0) is 24.3 Å². The first kappa shape index (κ1) is 15.5. The molecule has 0 radical (unpaired) electrons. The van der Waals surface area contributed by atoms with E-state index in [9.17, 15) is 4.79 Å². The lowest BCUT2D eigenvalue weighted by molar-refractivity contribution is -0.133. The lowest BCUT2D eigenvalue weighted by atomic mass is 9.95. The van der Waals surface area contributed by atoms with Gasteiger partial charge in [0.25, 0.3) is 0 Å². The van der Waals surface area contributed by atoms with Crippen LogP contribution in [0, 0.1) is 12.8 Å². The molecule has 3 aliphatic rings. The number of ether oxygens (including phenoxy) is 1. The quantitative estimate of drug-likeness (QED) is 0.834. The molecule has 0 spiro atoms. The summed E-state index contributed by atoms with van der Waals surface area (Å²) in [5.74, 6) is 1.39. The van der Waals surface area contributed by atoms with Crippen molar-refractivity contribution in [3.63, 3.8) is 0 Å². The average molecular weight is 351 g/mol. The summed E-state index contributed by atoms with van der Waals surface area (Å²) in [6.07, 6.45) is 6.69. The molecule has 0 saturated carbocycles. The zero-order chi connectivity index (χ0) is 17.7. The number of fused-ring (bicyclic) bond motifs is 2. The minimum absolute atomic E-state index is 0.220. The number of hydrogen-bond acceptors (Lipinski definition) is 6. The molecule has 0 aromatic carbocycles. The molecule has 1 saturated heterocycles. The molecular formula is C19H21N5O2. The van der Waals surface area contributed by atoms with E-state index in [1.807, 2.05) is 17.3 Å². The molecule has 3 aliphatic heterocycles. The third-order valence-electron chi connectivity index (χ3n) is 5.71. The zero-order valence-electron chi connectivity index (χ0n) is 14.8. The summed E-state index contributed by atoms with van der Waals surface area (Å²) in [5, 5.41) is 0. The van der Waals surface area contributed by atoms with Crippen LogP contribution in [0.25, 0.3) is 0 Å². The first-order valence-corrected chi connectivity index (χ1v) is 9.11. The molecular weight excluding hydrogens is 330 g/mol. The van der Waals surface area contributed by atoms with Crippen LogP contribution in [0.4, 0.5) is 5.69 Å². The molecule has 5 heterocycles. The van der Waals surface area contributed by atoms with E-state index in [1.165, 1.54) is 23.0 Å². The van der Waals surface area contributed by atoms with E-state index in [2.05, 4.69) is 26.8 Å². The van der Waals surface area contributed by atoms with Crippen LogP contribution in [0.3, 0.4) is 0 Å². The summed E-state index contributed by atoms with van der Waals surface area (Å²) in [6, 6.07) is 0. The lowest BCUT2D eigenvalue weighted by Gasteiger charge is -2.40. The van der Waals surface area contributed by atoms with Crippen molar-refractivity contribution >= 4 is 11.6 Å². The number of anilines is 1. The third kappa shape index (κ3) is 2.50. The molecule has 0 unspecified atom stereocenters. The van der Waals surface area contributed by atoms with E-state index >= 15 is 0 Å². The van der Waals surface area contributed by atoms with Gasteiger partial charge >= 0.3 is 0 Å². The second kappa shape index (κ2) is 5.93. The molecule has 7 nitrogen and oxygen atoms in total. The van der Waals surface area contributed by atoms with E-state index < -0.39 is 0 Å². The van der Waals surface area contributed by atoms with Gasteiger partial charge in [-0.25, -0.2) is 15.0 Å². The molecule has 0 N–H and O–H groups in total. The van der Waals surface area contributed by atoms with Crippen molar-refractivity contribution < 1.29 is 9.53 Å². The van der Waals surface area contributed by atoms with Crippen LogP contribution in [0.1, 0.15) is 28.8 Å². The Morgan fingerprint density at radius 3 is 2.85 bits per heavy atom. The van der Waals surface area contributed by atoms with Gasteiger partial charge in [0.15, 0.2) is 0 Å². The highest BCUT2D eigenvalue weighted by Crippen LogP contribution is 2.35. The van der Waals surface area contributed by atoms with Crippen molar-refractivity contribution in [2.45, 2.75) is 32.9 Å². The Kier molecular flexibility index (Phi) is 3.55. The molecule has 2 aromatic rings. The number of nitrogens with zero attached hydrogens (tertiary/aromatic N) is 5. The third-order valence-corrected chi connectivity index (χ3v) is 5.71. The molecule has 0 atom stereocenters. The summed E-state index contributed by atoms with van der Waals surface area (Å²) >= 11 is 0. The van der Waals surface area contributed by atoms with Gasteiger partial charge in [-0.15, -0.1) is 0 Å². The monoisotopic (exact) mass is 351 g/mol. The van der Waals surface area contributed by atoms with Gasteiger partial charge < -0.3 is 14.5 Å². The van der Waals surface area contributed by atoms with Crippen molar-refractivity contribution in [3.05, 3.63) is 41.1 Å². The van der Waals surface area contributed by atoms with Gasteiger partial charge in [0.05, 0.1) is 36.9 Å². The molecule has 5 rings (SSSR count). The normalized spacial score (nSPS) is 18.3. The van der Waals surface area contributed by atoms with Crippen molar-refractivity contribution in [2.24, 2.45) is 5.92 Å². The standard InChI is InChI=1S/C19H21N5O2/c1-12-15-2-3-26-19(15)22-17-10-24(9-16(12)17)18(25)4-13-7-23(8-13)14-5-20-11-21-6-14/h5-6,11,13H,2-4,7-10H2,1H3. The maximum Gasteiger partial charge on any atom is 0.223 e. The van der Waals surface area contributed by atoms with Gasteiger partial charge in [-0.2, -0.15) is 0 Å². The fraction of sp³-hybridized carbons (Fsp3) is 0.474. The Morgan fingerprint density at radius 1 is 1.23 bits per heavy atom. The summed E-state index contributed by atoms with van der Waals surface area (Å²) in [7, 11) is 0. The number of amides is 1. The smallest absolute Gasteiger partial charge is 0.223 e. The highest BCUT2D eigenvalue weighted by atomic mass is 16.5. The maximum atomic E-state index is 12.7. The molecule has 2 aromatic heterocycles. The van der Waals surface area contributed by atoms with E-state index in [1.54, 1.807) is 0 Å². The number of hydrogen-bond donors (Lipinski definition) is 0. The van der Waals surface area contributed by atoms with Gasteiger partial charge in [0.1, 0.15) is 6.33 Å². The average Bonchev–Trinajstić information content (AvgIpc) is 3.25. The van der Waals surface area contributed by atoms with E-state index in [4.69, 9.17) is 4.74 Å². The molecule has 0 bridgehead atoms.